The first-order valence-corrected chi connectivity index (χ1v) is 8.77. The number of imidazole rings is 1. The molecule has 1 aliphatic heterocycles. The summed E-state index contributed by atoms with van der Waals surface area (Å²) in [7, 11) is 2.05. The molecule has 7 nitrogen and oxygen atoms in total. The van der Waals surface area contributed by atoms with Crippen LogP contribution in [0, 0.1) is 19.8 Å². The first-order chi connectivity index (χ1) is 12.0. The van der Waals surface area contributed by atoms with Crippen LogP contribution < -0.4 is 5.32 Å². The molecule has 0 unspecified atom stereocenters. The Labute approximate surface area is 148 Å². The van der Waals surface area contributed by atoms with E-state index in [0.29, 0.717) is 6.54 Å². The molecule has 1 amide bonds. The van der Waals surface area contributed by atoms with E-state index >= 15 is 0 Å². The molecule has 2 atom stereocenters. The summed E-state index contributed by atoms with van der Waals surface area (Å²) in [5, 5.41) is 3.01. The molecule has 0 saturated carbocycles. The summed E-state index contributed by atoms with van der Waals surface area (Å²) >= 11 is 0. The van der Waals surface area contributed by atoms with Crippen molar-refractivity contribution in [2.24, 2.45) is 5.92 Å². The molecule has 2 aromatic heterocycles. The minimum atomic E-state index is -0.102. The number of likely N-dealkylation sites (tertiary alicyclic amines) is 1. The summed E-state index contributed by atoms with van der Waals surface area (Å²) in [6, 6.07) is 0. The van der Waals surface area contributed by atoms with Gasteiger partial charge >= 0.3 is 0 Å². The number of nitrogens with one attached hydrogen (secondary N) is 2. The minimum Gasteiger partial charge on any atom is -0.350 e. The summed E-state index contributed by atoms with van der Waals surface area (Å²) in [6.07, 6.45) is 4.29. The van der Waals surface area contributed by atoms with Crippen LogP contribution in [-0.4, -0.2) is 50.9 Å². The number of nitrogens with zero attached hydrogens (tertiary/aromatic N) is 4. The number of aromatic amines is 1. The summed E-state index contributed by atoms with van der Waals surface area (Å²) in [6.45, 7) is 8.00. The Hall–Kier alpha value is -2.28. The van der Waals surface area contributed by atoms with E-state index in [2.05, 4.69) is 39.1 Å². The zero-order valence-corrected chi connectivity index (χ0v) is 15.3. The van der Waals surface area contributed by atoms with E-state index in [1.807, 2.05) is 13.8 Å². The number of carbonyl (C=O) groups is 1. The van der Waals surface area contributed by atoms with E-state index in [-0.39, 0.29) is 17.7 Å². The van der Waals surface area contributed by atoms with E-state index in [9.17, 15) is 4.79 Å². The third-order valence-corrected chi connectivity index (χ3v) is 4.77. The fraction of sp³-hybridized carbons (Fsp3) is 0.556. The van der Waals surface area contributed by atoms with Gasteiger partial charge in [0, 0.05) is 37.3 Å². The number of likely N-dealkylation sites (N-methyl/N-ethyl adjacent to an activating group) is 1. The Bertz CT molecular complexity index is 739. The van der Waals surface area contributed by atoms with E-state index in [1.165, 1.54) is 0 Å². The van der Waals surface area contributed by atoms with Gasteiger partial charge in [-0.25, -0.2) is 4.98 Å². The van der Waals surface area contributed by atoms with Crippen LogP contribution in [0.15, 0.2) is 12.4 Å². The van der Waals surface area contributed by atoms with Crippen molar-refractivity contribution >= 4 is 5.91 Å². The number of hydrogen-bond donors (Lipinski definition) is 2. The largest absolute Gasteiger partial charge is 0.350 e. The van der Waals surface area contributed by atoms with Gasteiger partial charge in [0.05, 0.1) is 35.7 Å². The van der Waals surface area contributed by atoms with Gasteiger partial charge < -0.3 is 15.2 Å². The Balaban J connectivity index is 1.71. The highest BCUT2D eigenvalue weighted by Crippen LogP contribution is 2.33. The second kappa shape index (κ2) is 7.31. The third-order valence-electron chi connectivity index (χ3n) is 4.77. The minimum absolute atomic E-state index is 0.0529. The lowest BCUT2D eigenvalue weighted by atomic mass is 9.91. The van der Waals surface area contributed by atoms with Crippen LogP contribution in [0.4, 0.5) is 0 Å². The van der Waals surface area contributed by atoms with Gasteiger partial charge in [-0.1, -0.05) is 6.92 Å². The molecule has 1 aliphatic rings. The normalized spacial score (nSPS) is 20.8. The van der Waals surface area contributed by atoms with Gasteiger partial charge in [-0.3, -0.25) is 14.8 Å². The highest BCUT2D eigenvalue weighted by Gasteiger charge is 2.39. The lowest BCUT2D eigenvalue weighted by Crippen LogP contribution is -2.34. The second-order valence-electron chi connectivity index (χ2n) is 6.85. The van der Waals surface area contributed by atoms with Crippen molar-refractivity contribution in [2.45, 2.75) is 39.7 Å². The number of amides is 1. The first-order valence-electron chi connectivity index (χ1n) is 8.77. The predicted molar refractivity (Wildman–Crippen MR) is 95.0 cm³/mol. The van der Waals surface area contributed by atoms with Crippen molar-refractivity contribution in [1.29, 1.82) is 0 Å². The highest BCUT2D eigenvalue weighted by atomic mass is 16.1. The number of carbonyl (C=O) groups excluding carboxylic acids is 1. The van der Waals surface area contributed by atoms with Gasteiger partial charge in [0.15, 0.2) is 0 Å². The molecule has 0 radical (unpaired) electrons. The number of H-pyrrole nitrogens is 1. The van der Waals surface area contributed by atoms with E-state index in [0.717, 1.165) is 48.1 Å². The number of rotatable bonds is 5. The predicted octanol–water partition coefficient (Wildman–Crippen LogP) is 1.34. The Morgan fingerprint density at radius 3 is 2.76 bits per heavy atom. The van der Waals surface area contributed by atoms with Crippen LogP contribution in [0.3, 0.4) is 0 Å². The quantitative estimate of drug-likeness (QED) is 0.856. The van der Waals surface area contributed by atoms with E-state index in [4.69, 9.17) is 4.98 Å². The molecular formula is C18H26N6O. The molecule has 0 aliphatic carbocycles. The molecule has 134 valence electrons. The van der Waals surface area contributed by atoms with Gasteiger partial charge in [0.1, 0.15) is 5.82 Å². The van der Waals surface area contributed by atoms with Gasteiger partial charge in [0.25, 0.3) is 0 Å². The molecular weight excluding hydrogens is 316 g/mol. The zero-order chi connectivity index (χ0) is 18.0. The fourth-order valence-corrected chi connectivity index (χ4v) is 3.43. The molecule has 2 N–H and O–H groups in total. The van der Waals surface area contributed by atoms with Crippen LogP contribution >= 0.6 is 0 Å². The summed E-state index contributed by atoms with van der Waals surface area (Å²) < 4.78 is 0. The maximum Gasteiger partial charge on any atom is 0.225 e. The number of hydrogen-bond acceptors (Lipinski definition) is 5. The lowest BCUT2D eigenvalue weighted by molar-refractivity contribution is -0.125. The number of aryl methyl sites for hydroxylation is 3. The van der Waals surface area contributed by atoms with Crippen LogP contribution in [0.1, 0.15) is 41.4 Å². The van der Waals surface area contributed by atoms with Crippen molar-refractivity contribution in [3.63, 3.8) is 0 Å². The summed E-state index contributed by atoms with van der Waals surface area (Å²) in [5.41, 5.74) is 3.73. The second-order valence-corrected chi connectivity index (χ2v) is 6.85. The van der Waals surface area contributed by atoms with Crippen molar-refractivity contribution < 1.29 is 4.79 Å². The van der Waals surface area contributed by atoms with Crippen molar-refractivity contribution in [3.8, 4) is 0 Å². The molecule has 7 heteroatoms. The molecule has 0 bridgehead atoms. The van der Waals surface area contributed by atoms with Gasteiger partial charge in [-0.2, -0.15) is 0 Å². The van der Waals surface area contributed by atoms with Crippen molar-refractivity contribution in [1.82, 2.24) is 30.2 Å². The first kappa shape index (κ1) is 17.5. The topological polar surface area (TPSA) is 86.8 Å². The monoisotopic (exact) mass is 342 g/mol. The molecule has 3 rings (SSSR count). The van der Waals surface area contributed by atoms with Crippen LogP contribution in [0.25, 0.3) is 0 Å². The standard InChI is InChI=1S/C18H26N6O/c1-5-16-22-12(3)17(23-16)14-9-24(4)10-15(14)18(25)21-8-13-7-19-11(2)6-20-13/h6-7,14-15H,5,8-10H2,1-4H3,(H,21,25)(H,22,23)/t14-,15-/m1/s1. The SMILES string of the molecule is CCc1nc([C@@H]2CN(C)C[C@H]2C(=O)NCc2cnc(C)cn2)c(C)[nH]1. The van der Waals surface area contributed by atoms with Crippen molar-refractivity contribution in [2.75, 3.05) is 20.1 Å². The maximum atomic E-state index is 12.8. The molecule has 1 saturated heterocycles. The van der Waals surface area contributed by atoms with Crippen LogP contribution in [0.2, 0.25) is 0 Å². The van der Waals surface area contributed by atoms with Crippen LogP contribution in [-0.2, 0) is 17.8 Å². The van der Waals surface area contributed by atoms with Gasteiger partial charge in [-0.05, 0) is 20.9 Å². The Morgan fingerprint density at radius 2 is 2.12 bits per heavy atom. The molecule has 2 aromatic rings. The average Bonchev–Trinajstić information content (AvgIpc) is 3.16. The zero-order valence-electron chi connectivity index (χ0n) is 15.3. The third kappa shape index (κ3) is 3.87. The fourth-order valence-electron chi connectivity index (χ4n) is 3.43. The lowest BCUT2D eigenvalue weighted by Gasteiger charge is -2.17. The number of aromatic nitrogens is 4. The maximum absolute atomic E-state index is 12.8. The summed E-state index contributed by atoms with van der Waals surface area (Å²) in [5.74, 6) is 1.05. The van der Waals surface area contributed by atoms with E-state index in [1.54, 1.807) is 12.4 Å². The van der Waals surface area contributed by atoms with Crippen molar-refractivity contribution in [3.05, 3.63) is 41.0 Å². The Kier molecular flexibility index (Phi) is 5.13. The van der Waals surface area contributed by atoms with Gasteiger partial charge in [-0.15, -0.1) is 0 Å². The highest BCUT2D eigenvalue weighted by molar-refractivity contribution is 5.80. The summed E-state index contributed by atoms with van der Waals surface area (Å²) in [4.78, 5) is 31.5. The van der Waals surface area contributed by atoms with E-state index < -0.39 is 0 Å². The molecule has 3 heterocycles. The smallest absolute Gasteiger partial charge is 0.225 e. The molecule has 25 heavy (non-hydrogen) atoms. The van der Waals surface area contributed by atoms with Gasteiger partial charge in [0.2, 0.25) is 5.91 Å². The van der Waals surface area contributed by atoms with Crippen LogP contribution in [0.5, 0.6) is 0 Å². The Morgan fingerprint density at radius 1 is 1.32 bits per heavy atom. The average molecular weight is 342 g/mol. The molecule has 0 spiro atoms. The molecule has 1 fully saturated rings. The molecule has 0 aromatic carbocycles.